The molecule has 0 aromatic heterocycles. The molecule has 2 N–H and O–H groups in total. The zero-order valence-corrected chi connectivity index (χ0v) is 17.4. The summed E-state index contributed by atoms with van der Waals surface area (Å²) in [6, 6.07) is 2.56. The molecule has 1 aromatic carbocycles. The van der Waals surface area contributed by atoms with Crippen molar-refractivity contribution in [1.29, 1.82) is 0 Å². The second-order valence-corrected chi connectivity index (χ2v) is 5.11. The molecule has 0 heterocycles. The van der Waals surface area contributed by atoms with Gasteiger partial charge < -0.3 is 15.3 Å². The van der Waals surface area contributed by atoms with Gasteiger partial charge in [0.25, 0.3) is 0 Å². The molecule has 0 bridgehead atoms. The number of rotatable bonds is 4. The zero-order valence-electron chi connectivity index (χ0n) is 16.7. The second-order valence-electron chi connectivity index (χ2n) is 4.70. The van der Waals surface area contributed by atoms with Gasteiger partial charge in [-0.1, -0.05) is 39.3 Å². The van der Waals surface area contributed by atoms with E-state index in [4.69, 9.17) is 21.6 Å². The maximum absolute atomic E-state index is 12.5. The van der Waals surface area contributed by atoms with Crippen LogP contribution in [-0.4, -0.2) is 36.7 Å². The molecule has 0 radical (unpaired) electrons. The van der Waals surface area contributed by atoms with Gasteiger partial charge in [0.2, 0.25) is 0 Å². The Hall–Kier alpha value is -1.31. The predicted molar refractivity (Wildman–Crippen MR) is 103 cm³/mol. The summed E-state index contributed by atoms with van der Waals surface area (Å²) < 4.78 is 37.5. The molecule has 154 valence electrons. The molecule has 0 amide bonds. The van der Waals surface area contributed by atoms with Gasteiger partial charge in [0.1, 0.15) is 6.29 Å². The number of carbonyl (C=O) groups excluding carboxylic acids is 1. The Kier molecular flexibility index (Phi) is 19.4. The summed E-state index contributed by atoms with van der Waals surface area (Å²) in [5.74, 6) is 0. The fraction of sp³-hybridized carbons (Fsp3) is 0.611. The van der Waals surface area contributed by atoms with Crippen LogP contribution in [0.25, 0.3) is 0 Å². The van der Waals surface area contributed by atoms with Gasteiger partial charge in [-0.25, -0.2) is 0 Å². The molecule has 0 spiro atoms. The maximum Gasteiger partial charge on any atom is 0.418 e. The van der Waals surface area contributed by atoms with Crippen LogP contribution in [0, 0.1) is 6.92 Å². The van der Waals surface area contributed by atoms with Gasteiger partial charge in [0.05, 0.1) is 16.3 Å². The van der Waals surface area contributed by atoms with Crippen LogP contribution in [-0.2, 0) is 11.0 Å². The number of aryl methyl sites for hydroxylation is 1. The Morgan fingerprint density at radius 2 is 1.73 bits per heavy atom. The lowest BCUT2D eigenvalue weighted by atomic mass is 10.1. The number of hydrogen-bond acceptors (Lipinski definition) is 4. The minimum Gasteiger partial charge on any atom is -0.386 e. The molecule has 0 saturated heterocycles. The summed E-state index contributed by atoms with van der Waals surface area (Å²) in [5, 5.41) is 12.5. The number of alkyl halides is 3. The molecule has 0 aliphatic carbocycles. The summed E-state index contributed by atoms with van der Waals surface area (Å²) in [6.07, 6.45) is -2.61. The SMILES string of the molecule is CC.CC=O.CCCN(O)CC.CNc1c(Cl)cc(C)cc1C(F)(F)F. The van der Waals surface area contributed by atoms with E-state index >= 15 is 0 Å². The van der Waals surface area contributed by atoms with Crippen LogP contribution < -0.4 is 5.32 Å². The van der Waals surface area contributed by atoms with Crippen molar-refractivity contribution < 1.29 is 23.2 Å². The Morgan fingerprint density at radius 1 is 1.27 bits per heavy atom. The van der Waals surface area contributed by atoms with E-state index in [0.29, 0.717) is 5.56 Å². The number of nitrogens with zero attached hydrogens (tertiary/aromatic N) is 1. The lowest BCUT2D eigenvalue weighted by molar-refractivity contribution is -0.137. The Bertz CT molecular complexity index is 484. The van der Waals surface area contributed by atoms with E-state index in [1.54, 1.807) is 6.92 Å². The average Bonchev–Trinajstić information content (AvgIpc) is 2.57. The molecule has 26 heavy (non-hydrogen) atoms. The van der Waals surface area contributed by atoms with E-state index in [9.17, 15) is 13.2 Å². The van der Waals surface area contributed by atoms with E-state index < -0.39 is 11.7 Å². The third kappa shape index (κ3) is 13.9. The molecule has 0 fully saturated rings. The van der Waals surface area contributed by atoms with Gasteiger partial charge in [-0.2, -0.15) is 18.2 Å². The largest absolute Gasteiger partial charge is 0.418 e. The first-order valence-electron chi connectivity index (χ1n) is 8.47. The molecule has 0 atom stereocenters. The Morgan fingerprint density at radius 3 is 2.00 bits per heavy atom. The van der Waals surface area contributed by atoms with Crippen LogP contribution in [0.5, 0.6) is 0 Å². The lowest BCUT2D eigenvalue weighted by Crippen LogP contribution is -2.18. The first kappa shape index (κ1) is 29.5. The third-order valence-electron chi connectivity index (χ3n) is 2.64. The molecule has 0 aliphatic heterocycles. The summed E-state index contributed by atoms with van der Waals surface area (Å²) >= 11 is 5.68. The van der Waals surface area contributed by atoms with Crippen molar-refractivity contribution in [3.8, 4) is 0 Å². The summed E-state index contributed by atoms with van der Waals surface area (Å²) in [6.45, 7) is 12.5. The van der Waals surface area contributed by atoms with Gasteiger partial charge in [0.15, 0.2) is 0 Å². The van der Waals surface area contributed by atoms with Gasteiger partial charge in [-0.15, -0.1) is 0 Å². The monoisotopic (exact) mass is 400 g/mol. The van der Waals surface area contributed by atoms with E-state index in [1.807, 2.05) is 27.7 Å². The highest BCUT2D eigenvalue weighted by Crippen LogP contribution is 2.39. The number of anilines is 1. The number of hydrogen-bond donors (Lipinski definition) is 2. The van der Waals surface area contributed by atoms with Crippen LogP contribution in [0.15, 0.2) is 12.1 Å². The smallest absolute Gasteiger partial charge is 0.386 e. The maximum atomic E-state index is 12.5. The average molecular weight is 401 g/mol. The second kappa shape index (κ2) is 17.1. The first-order valence-corrected chi connectivity index (χ1v) is 8.85. The fourth-order valence-corrected chi connectivity index (χ4v) is 2.00. The molecule has 0 aliphatic rings. The molecule has 8 heteroatoms. The number of benzene rings is 1. The molecule has 1 aromatic rings. The molecule has 0 unspecified atom stereocenters. The topological polar surface area (TPSA) is 52.6 Å². The summed E-state index contributed by atoms with van der Waals surface area (Å²) in [7, 11) is 1.41. The van der Waals surface area contributed by atoms with E-state index in [2.05, 4.69) is 5.32 Å². The van der Waals surface area contributed by atoms with E-state index in [-0.39, 0.29) is 10.7 Å². The van der Waals surface area contributed by atoms with Gasteiger partial charge in [0, 0.05) is 20.1 Å². The van der Waals surface area contributed by atoms with Crippen molar-refractivity contribution in [3.05, 3.63) is 28.3 Å². The number of hydroxylamine groups is 2. The highest BCUT2D eigenvalue weighted by molar-refractivity contribution is 6.33. The minimum absolute atomic E-state index is 0.0789. The van der Waals surface area contributed by atoms with E-state index in [1.165, 1.54) is 25.1 Å². The van der Waals surface area contributed by atoms with Crippen LogP contribution >= 0.6 is 11.6 Å². The number of aldehydes is 1. The predicted octanol–water partition coefficient (Wildman–Crippen LogP) is 6.05. The van der Waals surface area contributed by atoms with Gasteiger partial charge >= 0.3 is 6.18 Å². The Labute approximate surface area is 160 Å². The lowest BCUT2D eigenvalue weighted by Gasteiger charge is -2.14. The van der Waals surface area contributed by atoms with Gasteiger partial charge in [-0.3, -0.25) is 0 Å². The summed E-state index contributed by atoms with van der Waals surface area (Å²) in [4.78, 5) is 8.81. The normalized spacial score (nSPS) is 9.73. The fourth-order valence-electron chi connectivity index (χ4n) is 1.64. The molecule has 4 nitrogen and oxygen atoms in total. The van der Waals surface area contributed by atoms with Crippen LogP contribution in [0.2, 0.25) is 5.02 Å². The van der Waals surface area contributed by atoms with Crippen LogP contribution in [0.1, 0.15) is 52.2 Å². The number of halogens is 4. The number of carbonyl (C=O) groups is 1. The van der Waals surface area contributed by atoms with Crippen molar-refractivity contribution in [2.75, 3.05) is 25.5 Å². The minimum atomic E-state index is -4.38. The van der Waals surface area contributed by atoms with E-state index in [0.717, 1.165) is 31.9 Å². The molecular formula is C18H32ClF3N2O2. The van der Waals surface area contributed by atoms with Crippen molar-refractivity contribution in [2.24, 2.45) is 0 Å². The number of nitrogens with one attached hydrogen (secondary N) is 1. The summed E-state index contributed by atoms with van der Waals surface area (Å²) in [5.41, 5.74) is -0.323. The first-order chi connectivity index (χ1) is 12.1. The molecule has 0 saturated carbocycles. The highest BCUT2D eigenvalue weighted by Gasteiger charge is 2.34. The van der Waals surface area contributed by atoms with Gasteiger partial charge in [-0.05, 0) is 38.0 Å². The quantitative estimate of drug-likeness (QED) is 0.477. The van der Waals surface area contributed by atoms with Crippen molar-refractivity contribution in [3.63, 3.8) is 0 Å². The standard InChI is InChI=1S/C9H9ClF3N.C5H13NO.C2H4O.C2H6/c1-5-3-6(9(11,12)13)8(14-2)7(10)4-5;1-3-5-6(7)4-2;1-2-3;1-2/h3-4,14H,1-2H3;7H,3-5H2,1-2H3;2H,1H3;1-2H3. The van der Waals surface area contributed by atoms with Crippen molar-refractivity contribution in [2.45, 2.75) is 54.1 Å². The van der Waals surface area contributed by atoms with Crippen LogP contribution in [0.3, 0.4) is 0 Å². The van der Waals surface area contributed by atoms with Crippen molar-refractivity contribution >= 4 is 23.6 Å². The van der Waals surface area contributed by atoms with Crippen molar-refractivity contribution in [1.82, 2.24) is 5.06 Å². The third-order valence-corrected chi connectivity index (χ3v) is 2.93. The Balaban J connectivity index is -0.000000371. The molecular weight excluding hydrogens is 369 g/mol. The zero-order chi connectivity index (χ0) is 21.3. The highest BCUT2D eigenvalue weighted by atomic mass is 35.5. The molecule has 1 rings (SSSR count). The van der Waals surface area contributed by atoms with Crippen LogP contribution in [0.4, 0.5) is 18.9 Å².